The zero-order valence-corrected chi connectivity index (χ0v) is 10.7. The second-order valence-electron chi connectivity index (χ2n) is 5.07. The van der Waals surface area contributed by atoms with Gasteiger partial charge in [0.1, 0.15) is 5.82 Å². The SMILES string of the molecule is CCC(CC)NC1CC(c2ccccc2F)C1. The molecule has 0 saturated heterocycles. The number of halogens is 1. The highest BCUT2D eigenvalue weighted by Crippen LogP contribution is 2.38. The molecular formula is C15H22FN. The minimum Gasteiger partial charge on any atom is -0.311 e. The molecule has 0 heterocycles. The van der Waals surface area contributed by atoms with E-state index in [0.29, 0.717) is 18.0 Å². The van der Waals surface area contributed by atoms with E-state index < -0.39 is 0 Å². The predicted octanol–water partition coefficient (Wildman–Crippen LogP) is 3.85. The molecule has 1 fully saturated rings. The first kappa shape index (κ1) is 12.6. The summed E-state index contributed by atoms with van der Waals surface area (Å²) in [6, 6.07) is 8.40. The van der Waals surface area contributed by atoms with E-state index in [1.54, 1.807) is 12.1 Å². The molecular weight excluding hydrogens is 213 g/mol. The quantitative estimate of drug-likeness (QED) is 0.817. The number of benzene rings is 1. The van der Waals surface area contributed by atoms with Crippen LogP contribution < -0.4 is 5.32 Å². The van der Waals surface area contributed by atoms with Crippen molar-refractivity contribution in [1.82, 2.24) is 5.32 Å². The summed E-state index contributed by atoms with van der Waals surface area (Å²) in [4.78, 5) is 0. The predicted molar refractivity (Wildman–Crippen MR) is 69.7 cm³/mol. The van der Waals surface area contributed by atoms with Crippen molar-refractivity contribution >= 4 is 0 Å². The van der Waals surface area contributed by atoms with Crippen LogP contribution in [-0.4, -0.2) is 12.1 Å². The molecule has 1 aromatic rings. The smallest absolute Gasteiger partial charge is 0.126 e. The first-order chi connectivity index (χ1) is 8.24. The van der Waals surface area contributed by atoms with E-state index in [9.17, 15) is 4.39 Å². The molecule has 0 atom stereocenters. The summed E-state index contributed by atoms with van der Waals surface area (Å²) >= 11 is 0. The van der Waals surface area contributed by atoms with Crippen LogP contribution >= 0.6 is 0 Å². The van der Waals surface area contributed by atoms with Gasteiger partial charge in [-0.2, -0.15) is 0 Å². The highest BCUT2D eigenvalue weighted by Gasteiger charge is 2.32. The maximum atomic E-state index is 13.6. The van der Waals surface area contributed by atoms with Crippen LogP contribution in [0, 0.1) is 5.82 Å². The van der Waals surface area contributed by atoms with Gasteiger partial charge in [0.05, 0.1) is 0 Å². The molecule has 0 aliphatic heterocycles. The maximum absolute atomic E-state index is 13.6. The number of nitrogens with one attached hydrogen (secondary N) is 1. The maximum Gasteiger partial charge on any atom is 0.126 e. The Morgan fingerprint density at radius 1 is 1.24 bits per heavy atom. The lowest BCUT2D eigenvalue weighted by Gasteiger charge is -2.38. The van der Waals surface area contributed by atoms with Crippen LogP contribution in [0.25, 0.3) is 0 Å². The summed E-state index contributed by atoms with van der Waals surface area (Å²) < 4.78 is 13.6. The fraction of sp³-hybridized carbons (Fsp3) is 0.600. The van der Waals surface area contributed by atoms with Gasteiger partial charge in [-0.25, -0.2) is 4.39 Å². The molecule has 0 amide bonds. The molecule has 0 spiro atoms. The monoisotopic (exact) mass is 235 g/mol. The molecule has 1 aliphatic carbocycles. The van der Waals surface area contributed by atoms with Crippen molar-refractivity contribution in [3.8, 4) is 0 Å². The highest BCUT2D eigenvalue weighted by atomic mass is 19.1. The van der Waals surface area contributed by atoms with Crippen molar-refractivity contribution in [2.45, 2.75) is 57.5 Å². The molecule has 0 aromatic heterocycles. The second kappa shape index (κ2) is 5.63. The van der Waals surface area contributed by atoms with E-state index in [2.05, 4.69) is 19.2 Å². The average molecular weight is 235 g/mol. The zero-order valence-electron chi connectivity index (χ0n) is 10.7. The topological polar surface area (TPSA) is 12.0 Å². The minimum atomic E-state index is -0.0431. The Labute approximate surface area is 103 Å². The van der Waals surface area contributed by atoms with Crippen molar-refractivity contribution in [2.75, 3.05) is 0 Å². The average Bonchev–Trinajstić information content (AvgIpc) is 2.30. The molecule has 1 saturated carbocycles. The van der Waals surface area contributed by atoms with Crippen LogP contribution in [0.5, 0.6) is 0 Å². The van der Waals surface area contributed by atoms with E-state index in [1.807, 2.05) is 12.1 Å². The highest BCUT2D eigenvalue weighted by molar-refractivity contribution is 5.24. The molecule has 0 unspecified atom stereocenters. The Kier molecular flexibility index (Phi) is 4.16. The standard InChI is InChI=1S/C15H22FN/c1-3-12(4-2)17-13-9-11(10-13)14-7-5-6-8-15(14)16/h5-8,11-13,17H,3-4,9-10H2,1-2H3. The lowest BCUT2D eigenvalue weighted by molar-refractivity contribution is 0.255. The van der Waals surface area contributed by atoms with Crippen molar-refractivity contribution < 1.29 is 4.39 Å². The van der Waals surface area contributed by atoms with Gasteiger partial charge in [0.2, 0.25) is 0 Å². The van der Waals surface area contributed by atoms with Crippen molar-refractivity contribution in [3.05, 3.63) is 35.6 Å². The van der Waals surface area contributed by atoms with Gasteiger partial charge in [-0.15, -0.1) is 0 Å². The van der Waals surface area contributed by atoms with Gasteiger partial charge in [0.15, 0.2) is 0 Å². The molecule has 1 nitrogen and oxygen atoms in total. The van der Waals surface area contributed by atoms with Gasteiger partial charge in [-0.3, -0.25) is 0 Å². The zero-order chi connectivity index (χ0) is 12.3. The summed E-state index contributed by atoms with van der Waals surface area (Å²) in [6.07, 6.45) is 4.52. The Balaban J connectivity index is 1.85. The Morgan fingerprint density at radius 2 is 1.88 bits per heavy atom. The third-order valence-corrected chi connectivity index (χ3v) is 3.94. The van der Waals surface area contributed by atoms with Crippen molar-refractivity contribution in [2.24, 2.45) is 0 Å². The molecule has 1 aliphatic rings. The van der Waals surface area contributed by atoms with Crippen LogP contribution in [0.4, 0.5) is 4.39 Å². The van der Waals surface area contributed by atoms with Gasteiger partial charge in [0, 0.05) is 12.1 Å². The lowest BCUT2D eigenvalue weighted by Crippen LogP contribution is -2.45. The van der Waals surface area contributed by atoms with E-state index in [-0.39, 0.29) is 5.82 Å². The molecule has 2 heteroatoms. The molecule has 2 rings (SSSR count). The van der Waals surface area contributed by atoms with E-state index >= 15 is 0 Å². The third kappa shape index (κ3) is 2.86. The minimum absolute atomic E-state index is 0.0431. The van der Waals surface area contributed by atoms with Crippen LogP contribution in [-0.2, 0) is 0 Å². The van der Waals surface area contributed by atoms with Gasteiger partial charge < -0.3 is 5.32 Å². The van der Waals surface area contributed by atoms with E-state index in [4.69, 9.17) is 0 Å². The summed E-state index contributed by atoms with van der Waals surface area (Å²) in [5.41, 5.74) is 0.898. The van der Waals surface area contributed by atoms with Crippen molar-refractivity contribution in [3.63, 3.8) is 0 Å². The molecule has 94 valence electrons. The van der Waals surface area contributed by atoms with Crippen LogP contribution in [0.2, 0.25) is 0 Å². The van der Waals surface area contributed by atoms with Crippen molar-refractivity contribution in [1.29, 1.82) is 0 Å². The largest absolute Gasteiger partial charge is 0.311 e. The van der Waals surface area contributed by atoms with Gasteiger partial charge in [-0.05, 0) is 43.2 Å². The fourth-order valence-electron chi connectivity index (χ4n) is 2.67. The van der Waals surface area contributed by atoms with Crippen LogP contribution in [0.1, 0.15) is 51.0 Å². The molecule has 0 bridgehead atoms. The van der Waals surface area contributed by atoms with E-state index in [0.717, 1.165) is 18.4 Å². The van der Waals surface area contributed by atoms with Gasteiger partial charge >= 0.3 is 0 Å². The summed E-state index contributed by atoms with van der Waals surface area (Å²) in [5, 5.41) is 3.65. The molecule has 1 aromatic carbocycles. The summed E-state index contributed by atoms with van der Waals surface area (Å²) in [5.74, 6) is 0.376. The fourth-order valence-corrected chi connectivity index (χ4v) is 2.67. The molecule has 17 heavy (non-hydrogen) atoms. The molecule has 1 N–H and O–H groups in total. The van der Waals surface area contributed by atoms with Crippen LogP contribution in [0.15, 0.2) is 24.3 Å². The first-order valence-electron chi connectivity index (χ1n) is 6.75. The molecule has 0 radical (unpaired) electrons. The third-order valence-electron chi connectivity index (χ3n) is 3.94. The summed E-state index contributed by atoms with van der Waals surface area (Å²) in [7, 11) is 0. The second-order valence-corrected chi connectivity index (χ2v) is 5.07. The Morgan fingerprint density at radius 3 is 2.47 bits per heavy atom. The Hall–Kier alpha value is -0.890. The normalized spacial score (nSPS) is 23.8. The number of hydrogen-bond acceptors (Lipinski definition) is 1. The van der Waals surface area contributed by atoms with Crippen LogP contribution in [0.3, 0.4) is 0 Å². The lowest BCUT2D eigenvalue weighted by atomic mass is 9.75. The van der Waals surface area contributed by atoms with E-state index in [1.165, 1.54) is 12.8 Å². The van der Waals surface area contributed by atoms with Gasteiger partial charge in [-0.1, -0.05) is 32.0 Å². The number of rotatable bonds is 5. The van der Waals surface area contributed by atoms with Gasteiger partial charge in [0.25, 0.3) is 0 Å². The Bertz CT molecular complexity index is 354. The number of hydrogen-bond donors (Lipinski definition) is 1. The summed E-state index contributed by atoms with van der Waals surface area (Å²) in [6.45, 7) is 4.43. The first-order valence-corrected chi connectivity index (χ1v) is 6.75.